The summed E-state index contributed by atoms with van der Waals surface area (Å²) in [4.78, 5) is 30.4. The van der Waals surface area contributed by atoms with Gasteiger partial charge in [-0.3, -0.25) is 9.59 Å². The third-order valence-electron chi connectivity index (χ3n) is 13.2. The Morgan fingerprint density at radius 3 is 1.24 bits per heavy atom. The Balaban J connectivity index is 0.000000254. The Hall–Kier alpha value is -5.48. The predicted molar refractivity (Wildman–Crippen MR) is 273 cm³/mol. The summed E-state index contributed by atoms with van der Waals surface area (Å²) in [5.41, 5.74) is 3.80. The first-order valence-electron chi connectivity index (χ1n) is 23.8. The molecule has 372 valence electrons. The molecule has 0 fully saturated rings. The van der Waals surface area contributed by atoms with Gasteiger partial charge >= 0.3 is 11.9 Å². The van der Waals surface area contributed by atoms with Crippen molar-refractivity contribution >= 4 is 65.7 Å². The third-order valence-corrected chi connectivity index (χ3v) is 17.2. The van der Waals surface area contributed by atoms with Gasteiger partial charge in [0.15, 0.2) is 19.7 Å². The highest BCUT2D eigenvalue weighted by Gasteiger charge is 2.44. The van der Waals surface area contributed by atoms with Crippen molar-refractivity contribution in [3.05, 3.63) is 84.9 Å². The smallest absolute Gasteiger partial charge is 0.306 e. The van der Waals surface area contributed by atoms with Crippen molar-refractivity contribution in [3.63, 3.8) is 0 Å². The summed E-state index contributed by atoms with van der Waals surface area (Å²) in [5, 5.41) is 18.0. The fourth-order valence-electron chi connectivity index (χ4n) is 9.18. The van der Waals surface area contributed by atoms with Crippen LogP contribution in [-0.2, 0) is 29.3 Å². The number of hydrogen-bond donors (Lipinski definition) is 2. The fraction of sp³-hybridized carbons (Fsp3) is 0.500. The lowest BCUT2D eigenvalue weighted by Crippen LogP contribution is -2.37. The van der Waals surface area contributed by atoms with E-state index in [0.717, 1.165) is 62.7 Å². The molecule has 0 saturated carbocycles. The van der Waals surface area contributed by atoms with Crippen LogP contribution < -0.4 is 29.1 Å². The second-order valence-electron chi connectivity index (χ2n) is 18.6. The van der Waals surface area contributed by atoms with E-state index in [9.17, 15) is 26.4 Å². The average Bonchev–Trinajstić information content (AvgIpc) is 3.47. The van der Waals surface area contributed by atoms with E-state index in [4.69, 9.17) is 19.7 Å². The monoisotopic (exact) mass is 976 g/mol. The number of anilines is 6. The van der Waals surface area contributed by atoms with Crippen LogP contribution in [0, 0.1) is 10.8 Å². The molecule has 2 N–H and O–H groups in total. The normalized spacial score (nSPS) is 19.2. The minimum Gasteiger partial charge on any atom is -0.491 e. The topological polar surface area (TPSA) is 174 Å². The van der Waals surface area contributed by atoms with Gasteiger partial charge in [-0.05, 0) is 62.1 Å². The Morgan fingerprint density at radius 2 is 0.941 bits per heavy atom. The van der Waals surface area contributed by atoms with Crippen LogP contribution >= 0.6 is 0 Å². The highest BCUT2D eigenvalue weighted by molar-refractivity contribution is 7.92. The molecule has 0 aliphatic carbocycles. The quantitative estimate of drug-likeness (QED) is 0.0856. The van der Waals surface area contributed by atoms with Gasteiger partial charge in [0.1, 0.15) is 11.5 Å². The molecule has 0 unspecified atom stereocenters. The number of sulfone groups is 2. The molecule has 14 nitrogen and oxygen atoms in total. The second kappa shape index (κ2) is 23.2. The van der Waals surface area contributed by atoms with Crippen LogP contribution in [0.5, 0.6) is 11.5 Å². The molecule has 4 aromatic rings. The van der Waals surface area contributed by atoms with E-state index in [1.54, 1.807) is 12.1 Å². The average molecular weight is 977 g/mol. The number of aliphatic carboxylic acids is 2. The molecule has 16 heteroatoms. The number of fused-ring (bicyclic) bond motifs is 2. The number of carbonyl (C=O) groups is 2. The van der Waals surface area contributed by atoms with E-state index in [-0.39, 0.29) is 58.2 Å². The summed E-state index contributed by atoms with van der Waals surface area (Å²) >= 11 is 0. The summed E-state index contributed by atoms with van der Waals surface area (Å²) in [7, 11) is 0.185. The third kappa shape index (κ3) is 13.0. The predicted octanol–water partition coefficient (Wildman–Crippen LogP) is 10.2. The van der Waals surface area contributed by atoms with Crippen molar-refractivity contribution < 1.29 is 46.1 Å². The zero-order valence-corrected chi connectivity index (χ0v) is 42.8. The molecule has 0 saturated heterocycles. The molecule has 2 heterocycles. The molecule has 0 radical (unpaired) electrons. The summed E-state index contributed by atoms with van der Waals surface area (Å²) in [6.07, 6.45) is 6.80. The van der Waals surface area contributed by atoms with Crippen molar-refractivity contribution in [2.75, 3.05) is 85.6 Å². The van der Waals surface area contributed by atoms with Crippen LogP contribution in [0.2, 0.25) is 0 Å². The Morgan fingerprint density at radius 1 is 0.588 bits per heavy atom. The van der Waals surface area contributed by atoms with Crippen molar-refractivity contribution in [2.45, 2.75) is 102 Å². The van der Waals surface area contributed by atoms with Crippen molar-refractivity contribution in [1.29, 1.82) is 0 Å². The number of hydrogen-bond acceptors (Lipinski definition) is 12. The van der Waals surface area contributed by atoms with E-state index < -0.39 is 31.6 Å². The van der Waals surface area contributed by atoms with E-state index in [1.807, 2.05) is 111 Å². The maximum absolute atomic E-state index is 13.8. The minimum absolute atomic E-state index is 0.0349. The van der Waals surface area contributed by atoms with Gasteiger partial charge in [0.2, 0.25) is 0 Å². The first-order valence-corrected chi connectivity index (χ1v) is 27.1. The number of carboxylic acids is 2. The molecule has 0 amide bonds. The molecule has 0 bridgehead atoms. The number of benzene rings is 4. The van der Waals surface area contributed by atoms with Gasteiger partial charge < -0.3 is 39.3 Å². The number of nitrogens with zero attached hydrogens (tertiary/aromatic N) is 4. The number of unbranched alkanes of at least 4 members (excludes halogenated alkanes) is 2. The summed E-state index contributed by atoms with van der Waals surface area (Å²) in [6, 6.07) is 26.7. The fourth-order valence-corrected chi connectivity index (χ4v) is 13.5. The van der Waals surface area contributed by atoms with Crippen LogP contribution in [0.25, 0.3) is 0 Å². The second-order valence-corrected chi connectivity index (χ2v) is 22.5. The molecular weight excluding hydrogens is 905 g/mol. The van der Waals surface area contributed by atoms with Crippen LogP contribution in [-0.4, -0.2) is 105 Å². The van der Waals surface area contributed by atoms with E-state index >= 15 is 0 Å². The van der Waals surface area contributed by atoms with Crippen LogP contribution in [0.15, 0.2) is 94.7 Å². The van der Waals surface area contributed by atoms with E-state index in [2.05, 4.69) is 37.5 Å². The van der Waals surface area contributed by atoms with Crippen molar-refractivity contribution in [1.82, 2.24) is 0 Å². The standard InChI is InChI=1S/2C26H36N2O5S/c2*1-5-7-14-26(6-2)18-28(20-11-9-8-10-12-20)22-16-21(27(3)4)23(33-15-13-25(29)30)17-24(22)34(31,32)19-26/h2*8-12,16-17H,5-7,13-15,18-19H2,1-4H3,(H,29,30)/t2*26-/m10/s1. The highest BCUT2D eigenvalue weighted by Crippen LogP contribution is 2.49. The lowest BCUT2D eigenvalue weighted by Gasteiger charge is -2.36. The molecule has 4 aromatic carbocycles. The van der Waals surface area contributed by atoms with Gasteiger partial charge in [-0.2, -0.15) is 0 Å². The van der Waals surface area contributed by atoms with Crippen molar-refractivity contribution in [3.8, 4) is 11.5 Å². The minimum atomic E-state index is -3.63. The van der Waals surface area contributed by atoms with Gasteiger partial charge in [-0.25, -0.2) is 16.8 Å². The van der Waals surface area contributed by atoms with Gasteiger partial charge in [-0.1, -0.05) is 89.8 Å². The molecule has 2 aliphatic rings. The molecule has 0 aromatic heterocycles. The molecule has 2 aliphatic heterocycles. The first-order chi connectivity index (χ1) is 32.2. The summed E-state index contributed by atoms with van der Waals surface area (Å²) in [6.45, 7) is 9.55. The van der Waals surface area contributed by atoms with E-state index in [1.165, 1.54) is 0 Å². The largest absolute Gasteiger partial charge is 0.491 e. The lowest BCUT2D eigenvalue weighted by atomic mass is 9.81. The number of ether oxygens (including phenoxy) is 2. The van der Waals surface area contributed by atoms with Crippen LogP contribution in [0.3, 0.4) is 0 Å². The summed E-state index contributed by atoms with van der Waals surface area (Å²) < 4.78 is 66.9. The Kier molecular flexibility index (Phi) is 18.3. The molecular formula is C52H72N4O10S2. The maximum atomic E-state index is 13.8. The molecule has 2 atom stereocenters. The number of para-hydroxylation sites is 2. The Bertz CT molecular complexity index is 2380. The first kappa shape index (κ1) is 53.5. The molecule has 0 spiro atoms. The van der Waals surface area contributed by atoms with Gasteiger partial charge in [-0.15, -0.1) is 0 Å². The van der Waals surface area contributed by atoms with Gasteiger partial charge in [0, 0.05) is 75.6 Å². The van der Waals surface area contributed by atoms with Crippen LogP contribution in [0.1, 0.15) is 91.9 Å². The Labute approximate surface area is 404 Å². The molecule has 6 rings (SSSR count). The highest BCUT2D eigenvalue weighted by atomic mass is 32.2. The van der Waals surface area contributed by atoms with Crippen molar-refractivity contribution in [2.24, 2.45) is 10.8 Å². The zero-order valence-electron chi connectivity index (χ0n) is 41.2. The maximum Gasteiger partial charge on any atom is 0.306 e. The lowest BCUT2D eigenvalue weighted by molar-refractivity contribution is -0.138. The van der Waals surface area contributed by atoms with Gasteiger partial charge in [0.05, 0.1) is 70.1 Å². The van der Waals surface area contributed by atoms with E-state index in [0.29, 0.717) is 47.3 Å². The SMILES string of the molecule is CCCC[C@@]1(CC)CN(c2ccccc2)c2cc(N(C)C)c(OCCC(=O)O)cc2S(=O)(=O)C1.CCCC[C@]1(CC)CN(c2ccccc2)c2cc(N(C)C)c(OCCC(=O)O)cc2S(=O)(=O)C1. The van der Waals surface area contributed by atoms with Gasteiger partial charge in [0.25, 0.3) is 0 Å². The zero-order chi connectivity index (χ0) is 49.9. The summed E-state index contributed by atoms with van der Waals surface area (Å²) in [5.74, 6) is -1.04. The van der Waals surface area contributed by atoms with Crippen LogP contribution in [0.4, 0.5) is 34.1 Å². The number of rotatable bonds is 20. The molecule has 68 heavy (non-hydrogen) atoms. The number of carboxylic acid groups (broad SMARTS) is 2.